The van der Waals surface area contributed by atoms with Gasteiger partial charge in [-0.05, 0) is 24.6 Å². The van der Waals surface area contributed by atoms with Crippen LogP contribution in [0.2, 0.25) is 0 Å². The summed E-state index contributed by atoms with van der Waals surface area (Å²) in [5, 5.41) is 0. The second-order valence-electron chi connectivity index (χ2n) is 5.93. The first-order valence-corrected chi connectivity index (χ1v) is 8.42. The Balaban J connectivity index is 1.95. The standard InChI is InChI=1S/C20H21N3O4/c1-14-18(22-13-27-14)20(24)23(11-15-6-5-9-21-10-15)12-16-7-4-8-17(25-2)19(16)26-3/h4-10,13H,11-12H2,1-3H3. The van der Waals surface area contributed by atoms with E-state index in [4.69, 9.17) is 13.9 Å². The number of carbonyl (C=O) groups is 1. The van der Waals surface area contributed by atoms with Gasteiger partial charge in [0, 0.05) is 24.5 Å². The van der Waals surface area contributed by atoms with E-state index in [9.17, 15) is 4.79 Å². The summed E-state index contributed by atoms with van der Waals surface area (Å²) < 4.78 is 16.1. The molecule has 7 nitrogen and oxygen atoms in total. The number of rotatable bonds is 7. The zero-order valence-electron chi connectivity index (χ0n) is 15.5. The normalized spacial score (nSPS) is 10.5. The highest BCUT2D eigenvalue weighted by Gasteiger charge is 2.23. The van der Waals surface area contributed by atoms with Gasteiger partial charge in [-0.25, -0.2) is 4.98 Å². The molecule has 0 saturated carbocycles. The van der Waals surface area contributed by atoms with Crippen LogP contribution in [0.3, 0.4) is 0 Å². The number of carbonyl (C=O) groups excluding carboxylic acids is 1. The fourth-order valence-electron chi connectivity index (χ4n) is 2.86. The van der Waals surface area contributed by atoms with Crippen molar-refractivity contribution < 1.29 is 18.7 Å². The highest BCUT2D eigenvalue weighted by atomic mass is 16.5. The molecular formula is C20H21N3O4. The van der Waals surface area contributed by atoms with Crippen LogP contribution in [0.25, 0.3) is 0 Å². The predicted molar refractivity (Wildman–Crippen MR) is 98.6 cm³/mol. The summed E-state index contributed by atoms with van der Waals surface area (Å²) in [6, 6.07) is 9.35. The van der Waals surface area contributed by atoms with E-state index in [0.717, 1.165) is 11.1 Å². The average molecular weight is 367 g/mol. The zero-order valence-corrected chi connectivity index (χ0v) is 15.5. The van der Waals surface area contributed by atoms with Gasteiger partial charge in [-0.15, -0.1) is 0 Å². The summed E-state index contributed by atoms with van der Waals surface area (Å²) in [6.45, 7) is 2.41. The predicted octanol–water partition coefficient (Wildman–Crippen LogP) is 3.24. The van der Waals surface area contributed by atoms with Crippen molar-refractivity contribution in [2.24, 2.45) is 0 Å². The van der Waals surface area contributed by atoms with E-state index in [-0.39, 0.29) is 5.91 Å². The maximum Gasteiger partial charge on any atom is 0.276 e. The molecule has 27 heavy (non-hydrogen) atoms. The van der Waals surface area contributed by atoms with Crippen molar-refractivity contribution in [3.63, 3.8) is 0 Å². The molecule has 0 saturated heterocycles. The molecule has 2 heterocycles. The Morgan fingerprint density at radius 3 is 2.63 bits per heavy atom. The zero-order chi connectivity index (χ0) is 19.2. The number of amides is 1. The van der Waals surface area contributed by atoms with Crippen molar-refractivity contribution in [3.8, 4) is 11.5 Å². The lowest BCUT2D eigenvalue weighted by molar-refractivity contribution is 0.0721. The highest BCUT2D eigenvalue weighted by Crippen LogP contribution is 2.32. The van der Waals surface area contributed by atoms with Crippen LogP contribution < -0.4 is 9.47 Å². The summed E-state index contributed by atoms with van der Waals surface area (Å²) in [4.78, 5) is 23.0. The number of benzene rings is 1. The molecule has 0 atom stereocenters. The van der Waals surface area contributed by atoms with Crippen molar-refractivity contribution in [1.82, 2.24) is 14.9 Å². The van der Waals surface area contributed by atoms with Gasteiger partial charge < -0.3 is 18.8 Å². The van der Waals surface area contributed by atoms with Gasteiger partial charge in [0.15, 0.2) is 23.6 Å². The minimum absolute atomic E-state index is 0.227. The molecule has 0 bridgehead atoms. The first-order chi connectivity index (χ1) is 13.1. The van der Waals surface area contributed by atoms with E-state index in [1.807, 2.05) is 30.3 Å². The second kappa shape index (κ2) is 8.35. The van der Waals surface area contributed by atoms with Gasteiger partial charge in [-0.3, -0.25) is 9.78 Å². The molecule has 0 aliphatic heterocycles. The minimum Gasteiger partial charge on any atom is -0.493 e. The first-order valence-electron chi connectivity index (χ1n) is 8.42. The van der Waals surface area contributed by atoms with E-state index in [1.165, 1.54) is 6.39 Å². The molecular weight excluding hydrogens is 346 g/mol. The van der Waals surface area contributed by atoms with Crippen LogP contribution in [0, 0.1) is 6.92 Å². The Bertz CT molecular complexity index is 909. The van der Waals surface area contributed by atoms with Crippen LogP contribution in [0.1, 0.15) is 27.4 Å². The lowest BCUT2D eigenvalue weighted by atomic mass is 10.1. The smallest absolute Gasteiger partial charge is 0.276 e. The molecule has 1 aromatic carbocycles. The van der Waals surface area contributed by atoms with Crippen LogP contribution >= 0.6 is 0 Å². The number of oxazole rings is 1. The molecule has 0 unspecified atom stereocenters. The summed E-state index contributed by atoms with van der Waals surface area (Å²) in [7, 11) is 3.16. The Labute approximate surface area is 157 Å². The number of nitrogens with zero attached hydrogens (tertiary/aromatic N) is 3. The van der Waals surface area contributed by atoms with Gasteiger partial charge in [0.25, 0.3) is 5.91 Å². The fourth-order valence-corrected chi connectivity index (χ4v) is 2.86. The van der Waals surface area contributed by atoms with E-state index in [2.05, 4.69) is 9.97 Å². The van der Waals surface area contributed by atoms with E-state index < -0.39 is 0 Å². The Morgan fingerprint density at radius 1 is 1.15 bits per heavy atom. The monoisotopic (exact) mass is 367 g/mol. The second-order valence-corrected chi connectivity index (χ2v) is 5.93. The van der Waals surface area contributed by atoms with Crippen LogP contribution in [0.15, 0.2) is 53.5 Å². The van der Waals surface area contributed by atoms with Crippen molar-refractivity contribution in [1.29, 1.82) is 0 Å². The van der Waals surface area contributed by atoms with Gasteiger partial charge in [-0.2, -0.15) is 0 Å². The average Bonchev–Trinajstić information content (AvgIpc) is 3.13. The molecule has 140 valence electrons. The summed E-state index contributed by atoms with van der Waals surface area (Å²) in [5.41, 5.74) is 2.03. The number of methoxy groups -OCH3 is 2. The SMILES string of the molecule is COc1cccc(CN(Cc2cccnc2)C(=O)c2ncoc2C)c1OC. The first kappa shape index (κ1) is 18.4. The van der Waals surface area contributed by atoms with Gasteiger partial charge >= 0.3 is 0 Å². The molecule has 0 spiro atoms. The van der Waals surface area contributed by atoms with Crippen LogP contribution in [-0.4, -0.2) is 35.0 Å². The molecule has 7 heteroatoms. The molecule has 0 aliphatic rings. The number of aryl methyl sites for hydroxylation is 1. The molecule has 0 aliphatic carbocycles. The van der Waals surface area contributed by atoms with Crippen molar-refractivity contribution in [2.75, 3.05) is 14.2 Å². The number of aromatic nitrogens is 2. The van der Waals surface area contributed by atoms with Crippen LogP contribution in [-0.2, 0) is 13.1 Å². The summed E-state index contributed by atoms with van der Waals surface area (Å²) in [6.07, 6.45) is 4.71. The number of pyridine rings is 1. The largest absolute Gasteiger partial charge is 0.493 e. The van der Waals surface area contributed by atoms with Crippen molar-refractivity contribution in [2.45, 2.75) is 20.0 Å². The van der Waals surface area contributed by atoms with Gasteiger partial charge in [-0.1, -0.05) is 18.2 Å². The maximum absolute atomic E-state index is 13.1. The summed E-state index contributed by atoms with van der Waals surface area (Å²) >= 11 is 0. The van der Waals surface area contributed by atoms with E-state index in [1.54, 1.807) is 38.4 Å². The van der Waals surface area contributed by atoms with E-state index >= 15 is 0 Å². The molecule has 0 fully saturated rings. The van der Waals surface area contributed by atoms with Crippen LogP contribution in [0.4, 0.5) is 0 Å². The Hall–Kier alpha value is -3.35. The molecule has 0 radical (unpaired) electrons. The minimum atomic E-state index is -0.227. The number of ether oxygens (including phenoxy) is 2. The Morgan fingerprint density at radius 2 is 2.00 bits per heavy atom. The molecule has 2 aromatic heterocycles. The lowest BCUT2D eigenvalue weighted by Gasteiger charge is -2.23. The maximum atomic E-state index is 13.1. The number of hydrogen-bond acceptors (Lipinski definition) is 6. The highest BCUT2D eigenvalue weighted by molar-refractivity contribution is 5.93. The number of para-hydroxylation sites is 1. The Kier molecular flexibility index (Phi) is 5.71. The third-order valence-corrected chi connectivity index (χ3v) is 4.18. The van der Waals surface area contributed by atoms with Crippen LogP contribution in [0.5, 0.6) is 11.5 Å². The molecule has 3 aromatic rings. The lowest BCUT2D eigenvalue weighted by Crippen LogP contribution is -2.31. The van der Waals surface area contributed by atoms with E-state index in [0.29, 0.717) is 36.0 Å². The third-order valence-electron chi connectivity index (χ3n) is 4.18. The van der Waals surface area contributed by atoms with Crippen molar-refractivity contribution in [3.05, 3.63) is 71.7 Å². The topological polar surface area (TPSA) is 77.7 Å². The van der Waals surface area contributed by atoms with Gasteiger partial charge in [0.1, 0.15) is 5.76 Å². The van der Waals surface area contributed by atoms with Gasteiger partial charge in [0.2, 0.25) is 0 Å². The third kappa shape index (κ3) is 4.08. The van der Waals surface area contributed by atoms with Gasteiger partial charge in [0.05, 0.1) is 20.8 Å². The van der Waals surface area contributed by atoms with Crippen molar-refractivity contribution >= 4 is 5.91 Å². The summed E-state index contributed by atoms with van der Waals surface area (Å²) in [5.74, 6) is 1.46. The molecule has 0 N–H and O–H groups in total. The fraction of sp³-hybridized carbons (Fsp3) is 0.250. The number of hydrogen-bond donors (Lipinski definition) is 0. The quantitative estimate of drug-likeness (QED) is 0.638. The molecule has 3 rings (SSSR count). The molecule has 1 amide bonds.